The lowest BCUT2D eigenvalue weighted by molar-refractivity contribution is 0.284. The van der Waals surface area contributed by atoms with Crippen molar-refractivity contribution >= 4 is 0 Å². The van der Waals surface area contributed by atoms with E-state index in [2.05, 4.69) is 54.4 Å². The highest BCUT2D eigenvalue weighted by Crippen LogP contribution is 2.16. The Balaban J connectivity index is 2.50. The maximum absolute atomic E-state index is 3.40. The summed E-state index contributed by atoms with van der Waals surface area (Å²) in [5.74, 6) is 0. The number of nitrogens with one attached hydrogen (secondary N) is 1. The van der Waals surface area contributed by atoms with E-state index in [1.165, 1.54) is 12.0 Å². The van der Waals surface area contributed by atoms with Crippen LogP contribution >= 0.6 is 0 Å². The van der Waals surface area contributed by atoms with Crippen LogP contribution in [0.25, 0.3) is 0 Å². The van der Waals surface area contributed by atoms with Gasteiger partial charge in [-0.2, -0.15) is 0 Å². The second kappa shape index (κ2) is 7.42. The molecule has 2 heteroatoms. The van der Waals surface area contributed by atoms with Crippen LogP contribution in [0.5, 0.6) is 0 Å². The van der Waals surface area contributed by atoms with E-state index in [0.717, 1.165) is 19.6 Å². The van der Waals surface area contributed by atoms with E-state index in [-0.39, 0.29) is 0 Å². The molecule has 0 fully saturated rings. The fourth-order valence-electron chi connectivity index (χ4n) is 2.01. The Bertz CT molecular complexity index is 267. The quantitative estimate of drug-likeness (QED) is 0.760. The fraction of sp³-hybridized carbons (Fsp3) is 0.571. The molecule has 0 saturated heterocycles. The summed E-state index contributed by atoms with van der Waals surface area (Å²) < 4.78 is 0. The summed E-state index contributed by atoms with van der Waals surface area (Å²) in [6.07, 6.45) is 1.17. The molecule has 1 aromatic rings. The molecular formula is C14H24N2. The van der Waals surface area contributed by atoms with Gasteiger partial charge in [0.2, 0.25) is 0 Å². The van der Waals surface area contributed by atoms with Gasteiger partial charge in [-0.1, -0.05) is 44.2 Å². The lowest BCUT2D eigenvalue weighted by Crippen LogP contribution is -2.28. The van der Waals surface area contributed by atoms with Crippen molar-refractivity contribution in [3.05, 3.63) is 35.9 Å². The first-order chi connectivity index (χ1) is 7.81. The molecule has 0 heterocycles. The second-order valence-electron chi connectivity index (χ2n) is 4.07. The highest BCUT2D eigenvalue weighted by Gasteiger charge is 2.09. The molecule has 0 aliphatic rings. The van der Waals surface area contributed by atoms with E-state index in [9.17, 15) is 0 Å². The third kappa shape index (κ3) is 3.95. The molecule has 1 aromatic carbocycles. The Labute approximate surface area is 99.7 Å². The smallest absolute Gasteiger partial charge is 0.0329 e. The van der Waals surface area contributed by atoms with Gasteiger partial charge in [0.25, 0.3) is 0 Å². The maximum atomic E-state index is 3.40. The highest BCUT2D eigenvalue weighted by atomic mass is 15.1. The number of nitrogens with zero attached hydrogens (tertiary/aromatic N) is 1. The van der Waals surface area contributed by atoms with Crippen LogP contribution in [0.4, 0.5) is 0 Å². The summed E-state index contributed by atoms with van der Waals surface area (Å²) in [6.45, 7) is 7.89. The van der Waals surface area contributed by atoms with Crippen LogP contribution in [0.15, 0.2) is 30.3 Å². The Kier molecular flexibility index (Phi) is 6.12. The minimum atomic E-state index is 0.474. The predicted molar refractivity (Wildman–Crippen MR) is 70.6 cm³/mol. The van der Waals surface area contributed by atoms with E-state index < -0.39 is 0 Å². The SMILES string of the molecule is CCN(CC)CCC(NC)c1ccccc1. The van der Waals surface area contributed by atoms with E-state index in [1.807, 2.05) is 7.05 Å². The average molecular weight is 220 g/mol. The normalized spacial score (nSPS) is 13.0. The van der Waals surface area contributed by atoms with Gasteiger partial charge in [0, 0.05) is 6.04 Å². The molecule has 0 bridgehead atoms. The zero-order valence-electron chi connectivity index (χ0n) is 10.7. The van der Waals surface area contributed by atoms with Crippen LogP contribution in [0.1, 0.15) is 31.9 Å². The largest absolute Gasteiger partial charge is 0.313 e. The van der Waals surface area contributed by atoms with Gasteiger partial charge in [0.05, 0.1) is 0 Å². The zero-order valence-corrected chi connectivity index (χ0v) is 10.7. The molecule has 1 N–H and O–H groups in total. The molecule has 1 unspecified atom stereocenters. The molecule has 1 rings (SSSR count). The molecule has 0 aliphatic carbocycles. The van der Waals surface area contributed by atoms with Gasteiger partial charge in [-0.05, 0) is 38.7 Å². The predicted octanol–water partition coefficient (Wildman–Crippen LogP) is 2.68. The third-order valence-electron chi connectivity index (χ3n) is 3.18. The van der Waals surface area contributed by atoms with Crippen molar-refractivity contribution in [3.63, 3.8) is 0 Å². The Hall–Kier alpha value is -0.860. The zero-order chi connectivity index (χ0) is 11.8. The van der Waals surface area contributed by atoms with Gasteiger partial charge in [-0.25, -0.2) is 0 Å². The fourth-order valence-corrected chi connectivity index (χ4v) is 2.01. The Morgan fingerprint density at radius 1 is 1.12 bits per heavy atom. The Morgan fingerprint density at radius 2 is 1.75 bits per heavy atom. The summed E-state index contributed by atoms with van der Waals surface area (Å²) in [6, 6.07) is 11.2. The van der Waals surface area contributed by atoms with Crippen LogP contribution in [0, 0.1) is 0 Å². The molecule has 0 aliphatic heterocycles. The lowest BCUT2D eigenvalue weighted by Gasteiger charge is -2.22. The van der Waals surface area contributed by atoms with E-state index in [4.69, 9.17) is 0 Å². The maximum Gasteiger partial charge on any atom is 0.0329 e. The summed E-state index contributed by atoms with van der Waals surface area (Å²) >= 11 is 0. The van der Waals surface area contributed by atoms with E-state index in [1.54, 1.807) is 0 Å². The number of benzene rings is 1. The molecule has 90 valence electrons. The van der Waals surface area contributed by atoms with Crippen LogP contribution in [0.3, 0.4) is 0 Å². The topological polar surface area (TPSA) is 15.3 Å². The molecule has 0 aromatic heterocycles. The van der Waals surface area contributed by atoms with Gasteiger partial charge in [0.15, 0.2) is 0 Å². The molecule has 2 nitrogen and oxygen atoms in total. The van der Waals surface area contributed by atoms with Gasteiger partial charge in [-0.3, -0.25) is 0 Å². The molecule has 0 amide bonds. The first-order valence-electron chi connectivity index (χ1n) is 6.26. The number of rotatable bonds is 7. The lowest BCUT2D eigenvalue weighted by atomic mass is 10.0. The van der Waals surface area contributed by atoms with Crippen LogP contribution < -0.4 is 5.32 Å². The average Bonchev–Trinajstić information content (AvgIpc) is 2.36. The monoisotopic (exact) mass is 220 g/mol. The number of hydrogen-bond donors (Lipinski definition) is 1. The van der Waals surface area contributed by atoms with Crippen molar-refractivity contribution in [2.24, 2.45) is 0 Å². The van der Waals surface area contributed by atoms with Crippen LogP contribution in [0.2, 0.25) is 0 Å². The van der Waals surface area contributed by atoms with E-state index in [0.29, 0.717) is 6.04 Å². The summed E-state index contributed by atoms with van der Waals surface area (Å²) in [5.41, 5.74) is 1.39. The number of hydrogen-bond acceptors (Lipinski definition) is 2. The van der Waals surface area contributed by atoms with Gasteiger partial charge in [-0.15, -0.1) is 0 Å². The Morgan fingerprint density at radius 3 is 2.25 bits per heavy atom. The van der Waals surface area contributed by atoms with Crippen molar-refractivity contribution < 1.29 is 0 Å². The molecule has 0 spiro atoms. The minimum absolute atomic E-state index is 0.474. The standard InChI is InChI=1S/C14H24N2/c1-4-16(5-2)12-11-14(15-3)13-9-7-6-8-10-13/h6-10,14-15H,4-5,11-12H2,1-3H3. The molecule has 1 atom stereocenters. The molecule has 0 radical (unpaired) electrons. The van der Waals surface area contributed by atoms with Crippen molar-refractivity contribution in [1.29, 1.82) is 0 Å². The summed E-state index contributed by atoms with van der Waals surface area (Å²) in [4.78, 5) is 2.47. The summed E-state index contributed by atoms with van der Waals surface area (Å²) in [5, 5.41) is 3.40. The summed E-state index contributed by atoms with van der Waals surface area (Å²) in [7, 11) is 2.04. The second-order valence-corrected chi connectivity index (χ2v) is 4.07. The van der Waals surface area contributed by atoms with Gasteiger partial charge >= 0.3 is 0 Å². The van der Waals surface area contributed by atoms with Crippen LogP contribution in [-0.4, -0.2) is 31.6 Å². The van der Waals surface area contributed by atoms with Crippen molar-refractivity contribution in [2.75, 3.05) is 26.7 Å². The van der Waals surface area contributed by atoms with Crippen molar-refractivity contribution in [3.8, 4) is 0 Å². The minimum Gasteiger partial charge on any atom is -0.313 e. The third-order valence-corrected chi connectivity index (χ3v) is 3.18. The molecule has 0 saturated carbocycles. The van der Waals surface area contributed by atoms with Gasteiger partial charge < -0.3 is 10.2 Å². The first kappa shape index (κ1) is 13.2. The van der Waals surface area contributed by atoms with Crippen molar-refractivity contribution in [1.82, 2.24) is 10.2 Å². The molecule has 16 heavy (non-hydrogen) atoms. The molecular weight excluding hydrogens is 196 g/mol. The van der Waals surface area contributed by atoms with E-state index >= 15 is 0 Å². The first-order valence-corrected chi connectivity index (χ1v) is 6.26. The van der Waals surface area contributed by atoms with Crippen molar-refractivity contribution in [2.45, 2.75) is 26.3 Å². The van der Waals surface area contributed by atoms with Gasteiger partial charge in [0.1, 0.15) is 0 Å². The van der Waals surface area contributed by atoms with Crippen LogP contribution in [-0.2, 0) is 0 Å². The highest BCUT2D eigenvalue weighted by molar-refractivity contribution is 5.18.